The zero-order valence-electron chi connectivity index (χ0n) is 28.5. The molecule has 3 aliphatic rings. The minimum Gasteiger partial charge on any atom is -0.393 e. The van der Waals surface area contributed by atoms with Crippen molar-refractivity contribution in [1.29, 1.82) is 0 Å². The molecule has 0 spiro atoms. The van der Waals surface area contributed by atoms with Gasteiger partial charge in [0.2, 0.25) is 0 Å². The van der Waals surface area contributed by atoms with E-state index in [-0.39, 0.29) is 17.9 Å². The summed E-state index contributed by atoms with van der Waals surface area (Å²) < 4.78 is 0. The minimum atomic E-state index is -0.371. The van der Waals surface area contributed by atoms with Crippen molar-refractivity contribution in [2.45, 2.75) is 82.1 Å². The van der Waals surface area contributed by atoms with E-state index in [0.717, 1.165) is 70.2 Å². The number of fused-ring (bicyclic) bond motifs is 1. The van der Waals surface area contributed by atoms with Crippen molar-refractivity contribution in [2.24, 2.45) is 4.99 Å². The van der Waals surface area contributed by atoms with E-state index in [1.54, 1.807) is 0 Å². The van der Waals surface area contributed by atoms with Gasteiger partial charge in [-0.2, -0.15) is 0 Å². The number of aliphatic hydroxyl groups excluding tert-OH is 2. The van der Waals surface area contributed by atoms with Gasteiger partial charge in [-0.1, -0.05) is 133 Å². The molecular formula is C44H50N2O3. The molecule has 5 heteroatoms. The molecular weight excluding hydrogens is 604 g/mol. The molecule has 3 aliphatic heterocycles. The lowest BCUT2D eigenvalue weighted by Crippen LogP contribution is -2.35. The van der Waals surface area contributed by atoms with Crippen LogP contribution in [-0.2, 0) is 30.5 Å². The van der Waals surface area contributed by atoms with Crippen molar-refractivity contribution in [3.63, 3.8) is 0 Å². The van der Waals surface area contributed by atoms with E-state index in [4.69, 9.17) is 9.83 Å². The molecule has 254 valence electrons. The van der Waals surface area contributed by atoms with Crippen LogP contribution in [0.1, 0.15) is 60.8 Å². The monoisotopic (exact) mass is 654 g/mol. The lowest BCUT2D eigenvalue weighted by atomic mass is 9.88. The number of aryl methyl sites for hydroxylation is 2. The Labute approximate surface area is 292 Å². The molecule has 5 nitrogen and oxygen atoms in total. The molecule has 4 unspecified atom stereocenters. The van der Waals surface area contributed by atoms with Gasteiger partial charge in [0.1, 0.15) is 0 Å². The second-order valence-corrected chi connectivity index (χ2v) is 13.4. The Balaban J connectivity index is 0.000000170. The standard InChI is InChI=1S/C22H25NO2.C22H25NO/c24-21-14-15-23-22(17-21,25-23)20(16-19-10-5-2-6-11-19)13-7-12-18-8-3-1-4-9-18;24-21-14-15-23-22(17-21)20(16-19-10-5-2-6-11-19)13-7-12-18-8-3-1-4-9-18/h1-6,8-11,13,21,24H,7,12,14-17H2;1-6,8-11,13,21,24H,7,12,14-17H2. The Morgan fingerprint density at radius 3 is 1.78 bits per heavy atom. The third-order valence-corrected chi connectivity index (χ3v) is 9.68. The van der Waals surface area contributed by atoms with Crippen molar-refractivity contribution in [3.05, 3.63) is 167 Å². The Kier molecular flexibility index (Phi) is 12.4. The van der Waals surface area contributed by atoms with Gasteiger partial charge in [0.05, 0.1) is 12.2 Å². The molecule has 2 saturated heterocycles. The van der Waals surface area contributed by atoms with E-state index in [0.29, 0.717) is 12.8 Å². The predicted octanol–water partition coefficient (Wildman–Crippen LogP) is 8.27. The topological polar surface area (TPSA) is 68.4 Å². The van der Waals surface area contributed by atoms with Gasteiger partial charge < -0.3 is 10.2 Å². The van der Waals surface area contributed by atoms with Crippen LogP contribution in [-0.4, -0.2) is 52.0 Å². The second kappa shape index (κ2) is 17.5. The van der Waals surface area contributed by atoms with E-state index < -0.39 is 0 Å². The van der Waals surface area contributed by atoms with Gasteiger partial charge in [0.25, 0.3) is 0 Å². The van der Waals surface area contributed by atoms with Crippen LogP contribution in [0.25, 0.3) is 0 Å². The molecule has 4 atom stereocenters. The van der Waals surface area contributed by atoms with Crippen LogP contribution < -0.4 is 0 Å². The van der Waals surface area contributed by atoms with E-state index in [1.165, 1.54) is 33.4 Å². The minimum absolute atomic E-state index is 0.245. The molecule has 7 rings (SSSR count). The average molecular weight is 655 g/mol. The average Bonchev–Trinajstić information content (AvgIpc) is 3.88. The molecule has 2 N–H and O–H groups in total. The normalized spacial score (nSPS) is 23.5. The number of hydrogen-bond acceptors (Lipinski definition) is 5. The first-order chi connectivity index (χ1) is 24.1. The highest BCUT2D eigenvalue weighted by Gasteiger charge is 2.60. The number of nitrogens with zero attached hydrogens (tertiary/aromatic N) is 2. The van der Waals surface area contributed by atoms with Crippen LogP contribution in [0, 0.1) is 0 Å². The lowest BCUT2D eigenvalue weighted by Gasteiger charge is -2.24. The lowest BCUT2D eigenvalue weighted by molar-refractivity contribution is 0.105. The number of hydrogen-bond donors (Lipinski definition) is 2. The fraction of sp³-hybridized carbons (Fsp3) is 0.341. The maximum absolute atomic E-state index is 10.2. The maximum atomic E-state index is 10.2. The van der Waals surface area contributed by atoms with E-state index >= 15 is 0 Å². The Bertz CT molecular complexity index is 1670. The highest BCUT2D eigenvalue weighted by atomic mass is 16.9. The third kappa shape index (κ3) is 10.2. The fourth-order valence-electron chi connectivity index (χ4n) is 6.94. The molecule has 4 aromatic carbocycles. The Morgan fingerprint density at radius 2 is 1.20 bits per heavy atom. The predicted molar refractivity (Wildman–Crippen MR) is 199 cm³/mol. The van der Waals surface area contributed by atoms with E-state index in [1.807, 2.05) is 12.1 Å². The quantitative estimate of drug-likeness (QED) is 0.119. The molecule has 0 saturated carbocycles. The fourth-order valence-corrected chi connectivity index (χ4v) is 6.94. The summed E-state index contributed by atoms with van der Waals surface area (Å²) in [7, 11) is 0. The van der Waals surface area contributed by atoms with Gasteiger partial charge >= 0.3 is 0 Å². The van der Waals surface area contributed by atoms with Gasteiger partial charge in [-0.25, -0.2) is 0 Å². The van der Waals surface area contributed by atoms with Gasteiger partial charge in [0, 0.05) is 31.6 Å². The van der Waals surface area contributed by atoms with Gasteiger partial charge in [-0.05, 0) is 84.8 Å². The number of aliphatic hydroxyl groups is 2. The molecule has 4 aromatic rings. The molecule has 0 bridgehead atoms. The Hall–Kier alpha value is -4.13. The highest BCUT2D eigenvalue weighted by Crippen LogP contribution is 2.49. The first kappa shape index (κ1) is 34.7. The van der Waals surface area contributed by atoms with Crippen LogP contribution in [0.4, 0.5) is 0 Å². The molecule has 0 amide bonds. The molecule has 0 radical (unpaired) electrons. The summed E-state index contributed by atoms with van der Waals surface area (Å²) in [6, 6.07) is 42.2. The molecule has 3 heterocycles. The zero-order valence-corrected chi connectivity index (χ0v) is 28.5. The number of benzene rings is 4. The van der Waals surface area contributed by atoms with Crippen molar-refractivity contribution < 1.29 is 15.1 Å². The number of aliphatic imine (C=N–C) groups is 1. The summed E-state index contributed by atoms with van der Waals surface area (Å²) in [5.74, 6) is 0. The maximum Gasteiger partial charge on any atom is 0.189 e. The highest BCUT2D eigenvalue weighted by molar-refractivity contribution is 6.01. The molecule has 49 heavy (non-hydrogen) atoms. The number of allylic oxidation sites excluding steroid dienone is 3. The van der Waals surface area contributed by atoms with Crippen molar-refractivity contribution in [2.75, 3.05) is 13.1 Å². The smallest absolute Gasteiger partial charge is 0.189 e. The van der Waals surface area contributed by atoms with E-state index in [9.17, 15) is 10.2 Å². The summed E-state index contributed by atoms with van der Waals surface area (Å²) in [6.07, 6.45) is 12.9. The van der Waals surface area contributed by atoms with Crippen molar-refractivity contribution >= 4 is 5.71 Å². The summed E-state index contributed by atoms with van der Waals surface area (Å²) in [5, 5.41) is 22.2. The van der Waals surface area contributed by atoms with Crippen molar-refractivity contribution in [3.8, 4) is 0 Å². The van der Waals surface area contributed by atoms with Crippen LogP contribution in [0.3, 0.4) is 0 Å². The van der Waals surface area contributed by atoms with Crippen LogP contribution in [0.5, 0.6) is 0 Å². The summed E-state index contributed by atoms with van der Waals surface area (Å²) >= 11 is 0. The number of piperidine rings is 1. The third-order valence-electron chi connectivity index (χ3n) is 9.68. The van der Waals surface area contributed by atoms with Crippen LogP contribution >= 0.6 is 0 Å². The van der Waals surface area contributed by atoms with Crippen molar-refractivity contribution in [1.82, 2.24) is 5.06 Å². The van der Waals surface area contributed by atoms with Gasteiger partial charge in [-0.3, -0.25) is 9.83 Å². The zero-order chi connectivity index (χ0) is 33.7. The Morgan fingerprint density at radius 1 is 0.673 bits per heavy atom. The molecule has 0 aromatic heterocycles. The van der Waals surface area contributed by atoms with Gasteiger partial charge in [0.15, 0.2) is 5.72 Å². The van der Waals surface area contributed by atoms with Crippen LogP contribution in [0.15, 0.2) is 150 Å². The number of hydroxylamine groups is 2. The molecule has 2 fully saturated rings. The largest absolute Gasteiger partial charge is 0.393 e. The SMILES string of the molecule is OC1CCN2OC2(C(=CCCc2ccccc2)Cc2ccccc2)C1.OC1CCN=C(C(=CCCc2ccccc2)Cc2ccccc2)C1. The summed E-state index contributed by atoms with van der Waals surface area (Å²) in [4.78, 5) is 10.7. The number of rotatable bonds is 12. The van der Waals surface area contributed by atoms with E-state index in [2.05, 4.69) is 126 Å². The summed E-state index contributed by atoms with van der Waals surface area (Å²) in [6.45, 7) is 1.55. The second-order valence-electron chi connectivity index (χ2n) is 13.4. The van der Waals surface area contributed by atoms with Crippen LogP contribution in [0.2, 0.25) is 0 Å². The summed E-state index contributed by atoms with van der Waals surface area (Å²) in [5.41, 5.74) is 8.58. The van der Waals surface area contributed by atoms with Gasteiger partial charge in [-0.15, -0.1) is 5.06 Å². The molecule has 0 aliphatic carbocycles. The first-order valence-corrected chi connectivity index (χ1v) is 18.0. The first-order valence-electron chi connectivity index (χ1n) is 18.0.